The standard InChI is InChI=1S/C14H19BrClNO3S/c1-17-13(12-5-3-4-6-21(12,18)19)10-7-9(16)8-11(15)14(10)20-2/h7-8,12-13,17H,3-6H2,1-2H3. The lowest BCUT2D eigenvalue weighted by atomic mass is 9.98. The minimum atomic E-state index is -3.11. The van der Waals surface area contributed by atoms with E-state index in [1.807, 2.05) is 0 Å². The summed E-state index contributed by atoms with van der Waals surface area (Å²) in [5.41, 5.74) is 0.773. The van der Waals surface area contributed by atoms with E-state index in [4.69, 9.17) is 16.3 Å². The van der Waals surface area contributed by atoms with Gasteiger partial charge in [0.25, 0.3) is 0 Å². The van der Waals surface area contributed by atoms with Crippen LogP contribution in [0.15, 0.2) is 16.6 Å². The second-order valence-electron chi connectivity index (χ2n) is 5.18. The summed E-state index contributed by atoms with van der Waals surface area (Å²) in [7, 11) is 0.226. The molecule has 0 spiro atoms. The van der Waals surface area contributed by atoms with E-state index in [9.17, 15) is 8.42 Å². The average Bonchev–Trinajstić information content (AvgIpc) is 2.41. The average molecular weight is 397 g/mol. The van der Waals surface area contributed by atoms with Gasteiger partial charge in [-0.25, -0.2) is 8.42 Å². The molecule has 1 saturated heterocycles. The smallest absolute Gasteiger partial charge is 0.155 e. The maximum Gasteiger partial charge on any atom is 0.155 e. The van der Waals surface area contributed by atoms with Gasteiger partial charge >= 0.3 is 0 Å². The SMILES string of the molecule is CNC(c1cc(Cl)cc(Br)c1OC)C1CCCCS1(=O)=O. The molecule has 0 aliphatic carbocycles. The Kier molecular flexibility index (Phi) is 5.57. The summed E-state index contributed by atoms with van der Waals surface area (Å²) < 4.78 is 31.0. The molecule has 118 valence electrons. The highest BCUT2D eigenvalue weighted by atomic mass is 79.9. The molecular formula is C14H19BrClNO3S. The third-order valence-corrected chi connectivity index (χ3v) is 6.98. The maximum absolute atomic E-state index is 12.4. The summed E-state index contributed by atoms with van der Waals surface area (Å²) in [6, 6.07) is 3.18. The van der Waals surface area contributed by atoms with Crippen LogP contribution in [0.5, 0.6) is 5.75 Å². The first-order valence-electron chi connectivity index (χ1n) is 6.82. The van der Waals surface area contributed by atoms with Crippen molar-refractivity contribution in [2.45, 2.75) is 30.6 Å². The largest absolute Gasteiger partial charge is 0.495 e. The van der Waals surface area contributed by atoms with Gasteiger partial charge in [-0.3, -0.25) is 0 Å². The number of rotatable bonds is 4. The highest BCUT2D eigenvalue weighted by Crippen LogP contribution is 2.40. The van der Waals surface area contributed by atoms with Crippen LogP contribution in [0.2, 0.25) is 5.02 Å². The van der Waals surface area contributed by atoms with Gasteiger partial charge in [0.1, 0.15) is 5.75 Å². The van der Waals surface area contributed by atoms with Crippen molar-refractivity contribution in [3.63, 3.8) is 0 Å². The first-order valence-corrected chi connectivity index (χ1v) is 9.71. The van der Waals surface area contributed by atoms with Crippen LogP contribution >= 0.6 is 27.5 Å². The molecule has 0 saturated carbocycles. The van der Waals surface area contributed by atoms with E-state index in [-0.39, 0.29) is 11.8 Å². The van der Waals surface area contributed by atoms with Crippen molar-refractivity contribution in [1.82, 2.24) is 5.32 Å². The van der Waals surface area contributed by atoms with Crippen molar-refractivity contribution < 1.29 is 13.2 Å². The number of nitrogens with one attached hydrogen (secondary N) is 1. The van der Waals surface area contributed by atoms with Gasteiger partial charge in [0, 0.05) is 10.6 Å². The molecule has 2 rings (SSSR count). The fourth-order valence-electron chi connectivity index (χ4n) is 2.92. The summed E-state index contributed by atoms with van der Waals surface area (Å²) >= 11 is 9.55. The zero-order valence-corrected chi connectivity index (χ0v) is 15.2. The van der Waals surface area contributed by atoms with Crippen molar-refractivity contribution in [2.24, 2.45) is 0 Å². The van der Waals surface area contributed by atoms with Crippen molar-refractivity contribution in [1.29, 1.82) is 0 Å². The van der Waals surface area contributed by atoms with Crippen LogP contribution in [0.1, 0.15) is 30.9 Å². The molecule has 1 aliphatic heterocycles. The number of ether oxygens (including phenoxy) is 1. The van der Waals surface area contributed by atoms with Gasteiger partial charge in [0.05, 0.1) is 28.6 Å². The second-order valence-corrected chi connectivity index (χ2v) is 8.81. The molecule has 0 aromatic heterocycles. The molecule has 2 atom stereocenters. The van der Waals surface area contributed by atoms with Gasteiger partial charge in [-0.15, -0.1) is 0 Å². The summed E-state index contributed by atoms with van der Waals surface area (Å²) in [4.78, 5) is 0. The predicted molar refractivity (Wildman–Crippen MR) is 88.9 cm³/mol. The minimum absolute atomic E-state index is 0.250. The Morgan fingerprint density at radius 2 is 2.14 bits per heavy atom. The molecule has 21 heavy (non-hydrogen) atoms. The van der Waals surface area contributed by atoms with Crippen LogP contribution in [0.3, 0.4) is 0 Å². The molecule has 0 radical (unpaired) electrons. The molecule has 1 aromatic carbocycles. The molecule has 0 bridgehead atoms. The van der Waals surface area contributed by atoms with Gasteiger partial charge < -0.3 is 10.1 Å². The zero-order chi connectivity index (χ0) is 15.6. The topological polar surface area (TPSA) is 55.4 Å². The van der Waals surface area contributed by atoms with Crippen molar-refractivity contribution in [3.05, 3.63) is 27.2 Å². The Labute approximate surface area is 139 Å². The van der Waals surface area contributed by atoms with Gasteiger partial charge in [0.2, 0.25) is 0 Å². The lowest BCUT2D eigenvalue weighted by Gasteiger charge is -2.31. The number of benzene rings is 1. The number of sulfone groups is 1. The number of halogens is 2. The fraction of sp³-hybridized carbons (Fsp3) is 0.571. The van der Waals surface area contributed by atoms with Crippen LogP contribution < -0.4 is 10.1 Å². The van der Waals surface area contributed by atoms with Gasteiger partial charge in [-0.2, -0.15) is 0 Å². The quantitative estimate of drug-likeness (QED) is 0.848. The maximum atomic E-state index is 12.4. The predicted octanol–water partition coefficient (Wildman–Crippen LogP) is 3.34. The zero-order valence-electron chi connectivity index (χ0n) is 12.0. The van der Waals surface area contributed by atoms with Crippen LogP contribution in [0.4, 0.5) is 0 Å². The molecule has 4 nitrogen and oxygen atoms in total. The first kappa shape index (κ1) is 17.1. The summed E-state index contributed by atoms with van der Waals surface area (Å²) in [6.45, 7) is 0. The lowest BCUT2D eigenvalue weighted by Crippen LogP contribution is -2.39. The van der Waals surface area contributed by atoms with Gasteiger partial charge in [-0.05, 0) is 48.0 Å². The Bertz CT molecular complexity index is 621. The fourth-order valence-corrected chi connectivity index (χ4v) is 6.05. The van der Waals surface area contributed by atoms with E-state index in [1.165, 1.54) is 0 Å². The highest BCUT2D eigenvalue weighted by Gasteiger charge is 2.37. The summed E-state index contributed by atoms with van der Waals surface area (Å²) in [5.74, 6) is 0.874. The van der Waals surface area contributed by atoms with E-state index < -0.39 is 15.1 Å². The molecule has 1 heterocycles. The van der Waals surface area contributed by atoms with E-state index >= 15 is 0 Å². The summed E-state index contributed by atoms with van der Waals surface area (Å²) in [6.07, 6.45) is 2.32. The molecular weight excluding hydrogens is 378 g/mol. The van der Waals surface area contributed by atoms with E-state index in [0.717, 1.165) is 22.9 Å². The minimum Gasteiger partial charge on any atom is -0.495 e. The number of hydrogen-bond donors (Lipinski definition) is 1. The monoisotopic (exact) mass is 395 g/mol. The Hall–Kier alpha value is -0.300. The van der Waals surface area contributed by atoms with E-state index in [0.29, 0.717) is 17.2 Å². The van der Waals surface area contributed by atoms with Crippen molar-refractivity contribution in [2.75, 3.05) is 19.9 Å². The number of hydrogen-bond acceptors (Lipinski definition) is 4. The lowest BCUT2D eigenvalue weighted by molar-refractivity contribution is 0.392. The van der Waals surface area contributed by atoms with Crippen LogP contribution in [0, 0.1) is 0 Å². The molecule has 7 heteroatoms. The van der Waals surface area contributed by atoms with Crippen LogP contribution in [-0.4, -0.2) is 33.6 Å². The third kappa shape index (κ3) is 3.55. The van der Waals surface area contributed by atoms with Gasteiger partial charge in [0.15, 0.2) is 9.84 Å². The van der Waals surface area contributed by atoms with E-state index in [1.54, 1.807) is 26.3 Å². The highest BCUT2D eigenvalue weighted by molar-refractivity contribution is 9.10. The Morgan fingerprint density at radius 3 is 2.71 bits per heavy atom. The van der Waals surface area contributed by atoms with E-state index in [2.05, 4.69) is 21.2 Å². The molecule has 2 unspecified atom stereocenters. The van der Waals surface area contributed by atoms with Crippen LogP contribution in [-0.2, 0) is 9.84 Å². The molecule has 1 fully saturated rings. The Balaban J connectivity index is 2.51. The van der Waals surface area contributed by atoms with Crippen molar-refractivity contribution >= 4 is 37.4 Å². The van der Waals surface area contributed by atoms with Gasteiger partial charge in [-0.1, -0.05) is 18.0 Å². The third-order valence-electron chi connectivity index (χ3n) is 3.89. The second kappa shape index (κ2) is 6.86. The van der Waals surface area contributed by atoms with Crippen LogP contribution in [0.25, 0.3) is 0 Å². The molecule has 1 aliphatic rings. The Morgan fingerprint density at radius 1 is 1.43 bits per heavy atom. The first-order chi connectivity index (χ1) is 9.90. The molecule has 1 N–H and O–H groups in total. The molecule has 0 amide bonds. The van der Waals surface area contributed by atoms with Crippen molar-refractivity contribution in [3.8, 4) is 5.75 Å². The number of methoxy groups -OCH3 is 1. The summed E-state index contributed by atoms with van der Waals surface area (Å²) in [5, 5.41) is 3.23. The molecule has 1 aromatic rings. The normalized spacial score (nSPS) is 22.8.